The minimum atomic E-state index is -4.80. The Kier molecular flexibility index (Phi) is 6.79. The highest BCUT2D eigenvalue weighted by atomic mass is 31.2. The number of aromatic nitrogens is 1. The van der Waals surface area contributed by atoms with Crippen molar-refractivity contribution in [3.05, 3.63) is 34.8 Å². The van der Waals surface area contributed by atoms with E-state index in [1.807, 2.05) is 0 Å². The van der Waals surface area contributed by atoms with Crippen LogP contribution in [0.4, 0.5) is 0 Å². The molecule has 1 heterocycles. The standard InChI is InChI=1S/C13H18N3O8P/c1-6(17)3-9(13(19)20)16-12(14)10-8(5-24-25(21,22)23)4-15-7(2)11(10)18/h3-4,6,17-18H,5H2,1-2H3,(H2,14,16)(H,19,20)(H2,21,22,23)/b9-3-. The van der Waals surface area contributed by atoms with Gasteiger partial charge in [-0.15, -0.1) is 0 Å². The van der Waals surface area contributed by atoms with Crippen LogP contribution in [0.15, 0.2) is 23.0 Å². The molecule has 0 spiro atoms. The van der Waals surface area contributed by atoms with Gasteiger partial charge in [0, 0.05) is 11.8 Å². The third-order valence-corrected chi connectivity index (χ3v) is 3.28. The quantitative estimate of drug-likeness (QED) is 0.160. The van der Waals surface area contributed by atoms with Crippen molar-refractivity contribution in [2.75, 3.05) is 0 Å². The Morgan fingerprint density at radius 1 is 1.52 bits per heavy atom. The SMILES string of the molecule is Cc1ncc(COP(=O)(O)O)c(C(N)=N/C(=C\C(C)O)C(=O)O)c1O. The number of hydrogen-bond acceptors (Lipinski definition) is 7. The van der Waals surface area contributed by atoms with Crippen LogP contribution in [0, 0.1) is 6.92 Å². The van der Waals surface area contributed by atoms with Crippen LogP contribution in [-0.2, 0) is 20.5 Å². The number of carbonyl (C=O) groups is 1. The van der Waals surface area contributed by atoms with E-state index in [1.165, 1.54) is 13.8 Å². The van der Waals surface area contributed by atoms with E-state index in [0.29, 0.717) is 0 Å². The van der Waals surface area contributed by atoms with Crippen molar-refractivity contribution in [1.29, 1.82) is 0 Å². The number of aliphatic hydroxyl groups excluding tert-OH is 1. The molecule has 0 aliphatic heterocycles. The van der Waals surface area contributed by atoms with Gasteiger partial charge in [-0.05, 0) is 19.9 Å². The number of aliphatic carboxylic acids is 1. The van der Waals surface area contributed by atoms with Crippen LogP contribution in [0.25, 0.3) is 0 Å². The van der Waals surface area contributed by atoms with Gasteiger partial charge in [-0.25, -0.2) is 14.4 Å². The summed E-state index contributed by atoms with van der Waals surface area (Å²) in [6.07, 6.45) is 0.959. The van der Waals surface area contributed by atoms with E-state index in [0.717, 1.165) is 12.3 Å². The average molecular weight is 375 g/mol. The van der Waals surface area contributed by atoms with Crippen LogP contribution in [0.1, 0.15) is 23.7 Å². The van der Waals surface area contributed by atoms with Gasteiger partial charge < -0.3 is 30.8 Å². The smallest absolute Gasteiger partial charge is 0.469 e. The van der Waals surface area contributed by atoms with Crippen LogP contribution < -0.4 is 5.73 Å². The molecule has 0 bridgehead atoms. The van der Waals surface area contributed by atoms with Gasteiger partial charge >= 0.3 is 13.8 Å². The zero-order valence-electron chi connectivity index (χ0n) is 13.3. The maximum absolute atomic E-state index is 11.2. The molecule has 0 amide bonds. The third-order valence-electron chi connectivity index (χ3n) is 2.82. The normalized spacial score (nSPS) is 14.4. The van der Waals surface area contributed by atoms with Gasteiger partial charge in [0.15, 0.2) is 0 Å². The predicted octanol–water partition coefficient (Wildman–Crippen LogP) is -0.240. The molecule has 1 aromatic rings. The monoisotopic (exact) mass is 375 g/mol. The number of carboxylic acids is 1. The van der Waals surface area contributed by atoms with Crippen LogP contribution >= 0.6 is 7.82 Å². The molecular weight excluding hydrogens is 357 g/mol. The number of pyridine rings is 1. The Balaban J connectivity index is 3.42. The van der Waals surface area contributed by atoms with E-state index < -0.39 is 43.8 Å². The number of nitrogens with two attached hydrogens (primary N) is 1. The molecule has 0 aliphatic rings. The van der Waals surface area contributed by atoms with Gasteiger partial charge in [0.25, 0.3) is 0 Å². The molecule has 0 radical (unpaired) electrons. The minimum Gasteiger partial charge on any atom is -0.505 e. The molecule has 25 heavy (non-hydrogen) atoms. The predicted molar refractivity (Wildman–Crippen MR) is 85.6 cm³/mol. The van der Waals surface area contributed by atoms with Gasteiger partial charge in [0.2, 0.25) is 0 Å². The number of carboxylic acid groups (broad SMARTS) is 1. The highest BCUT2D eigenvalue weighted by molar-refractivity contribution is 7.46. The van der Waals surface area contributed by atoms with E-state index >= 15 is 0 Å². The molecule has 7 N–H and O–H groups in total. The lowest BCUT2D eigenvalue weighted by molar-refractivity contribution is -0.132. The maximum Gasteiger partial charge on any atom is 0.469 e. The summed E-state index contributed by atoms with van der Waals surface area (Å²) in [5.74, 6) is -2.38. The van der Waals surface area contributed by atoms with Gasteiger partial charge in [0.05, 0.1) is 24.0 Å². The summed E-state index contributed by atoms with van der Waals surface area (Å²) < 4.78 is 15.2. The second-order valence-corrected chi connectivity index (χ2v) is 6.19. The molecule has 0 fully saturated rings. The number of nitrogens with zero attached hydrogens (tertiary/aromatic N) is 2. The van der Waals surface area contributed by atoms with Gasteiger partial charge in [-0.2, -0.15) is 0 Å². The highest BCUT2D eigenvalue weighted by Crippen LogP contribution is 2.38. The fourth-order valence-electron chi connectivity index (χ4n) is 1.75. The van der Waals surface area contributed by atoms with E-state index in [9.17, 15) is 19.6 Å². The van der Waals surface area contributed by atoms with Crippen LogP contribution in [0.3, 0.4) is 0 Å². The topological polar surface area (TPSA) is 196 Å². The Morgan fingerprint density at radius 3 is 2.60 bits per heavy atom. The number of aliphatic imine (C=N–C) groups is 1. The lowest BCUT2D eigenvalue weighted by Crippen LogP contribution is -2.19. The summed E-state index contributed by atoms with van der Waals surface area (Å²) in [7, 11) is -4.80. The Labute approximate surface area is 142 Å². The molecule has 11 nitrogen and oxygen atoms in total. The second-order valence-electron chi connectivity index (χ2n) is 4.95. The Hall–Kier alpha value is -2.30. The van der Waals surface area contributed by atoms with Crippen LogP contribution in [0.2, 0.25) is 0 Å². The molecule has 1 rings (SSSR count). The summed E-state index contributed by atoms with van der Waals surface area (Å²) in [4.78, 5) is 36.2. The van der Waals surface area contributed by atoms with Crippen molar-refractivity contribution in [1.82, 2.24) is 4.98 Å². The van der Waals surface area contributed by atoms with Crippen LogP contribution in [-0.4, -0.2) is 48.0 Å². The number of aromatic hydroxyl groups is 1. The van der Waals surface area contributed by atoms with Crippen molar-refractivity contribution >= 4 is 19.6 Å². The molecule has 1 atom stereocenters. The van der Waals surface area contributed by atoms with Gasteiger partial charge in [-0.3, -0.25) is 9.51 Å². The molecular formula is C13H18N3O8P. The first-order valence-corrected chi connectivity index (χ1v) is 8.30. The number of aryl methyl sites for hydroxylation is 1. The lowest BCUT2D eigenvalue weighted by Gasteiger charge is -2.13. The molecule has 1 aromatic heterocycles. The summed E-state index contributed by atoms with van der Waals surface area (Å²) in [5.41, 5.74) is 5.09. The van der Waals surface area contributed by atoms with E-state index in [1.54, 1.807) is 0 Å². The number of phosphoric ester groups is 1. The molecule has 138 valence electrons. The minimum absolute atomic E-state index is 0.0190. The Bertz CT molecular complexity index is 769. The van der Waals surface area contributed by atoms with Gasteiger partial charge in [-0.1, -0.05) is 0 Å². The zero-order valence-corrected chi connectivity index (χ0v) is 14.2. The molecule has 12 heteroatoms. The van der Waals surface area contributed by atoms with Crippen LogP contribution in [0.5, 0.6) is 5.75 Å². The molecule has 0 aromatic carbocycles. The molecule has 1 unspecified atom stereocenters. The largest absolute Gasteiger partial charge is 0.505 e. The van der Waals surface area contributed by atoms with Crippen molar-refractivity contribution in [2.45, 2.75) is 26.6 Å². The lowest BCUT2D eigenvalue weighted by atomic mass is 10.1. The second kappa shape index (κ2) is 8.19. The highest BCUT2D eigenvalue weighted by Gasteiger charge is 2.21. The Morgan fingerprint density at radius 2 is 2.12 bits per heavy atom. The summed E-state index contributed by atoms with van der Waals surface area (Å²) in [6.45, 7) is 2.09. The summed E-state index contributed by atoms with van der Waals surface area (Å²) in [6, 6.07) is 0. The first-order chi connectivity index (χ1) is 11.4. The molecule has 0 aliphatic carbocycles. The zero-order chi connectivity index (χ0) is 19.4. The first kappa shape index (κ1) is 20.7. The molecule has 0 saturated carbocycles. The van der Waals surface area contributed by atoms with E-state index in [2.05, 4.69) is 14.5 Å². The number of aliphatic hydroxyl groups is 1. The maximum atomic E-state index is 11.2. The van der Waals surface area contributed by atoms with Gasteiger partial charge in [0.1, 0.15) is 17.3 Å². The van der Waals surface area contributed by atoms with Crippen molar-refractivity contribution in [2.24, 2.45) is 10.7 Å². The number of phosphoric acid groups is 1. The number of amidine groups is 1. The average Bonchev–Trinajstić information content (AvgIpc) is 2.46. The van der Waals surface area contributed by atoms with Crippen molar-refractivity contribution in [3.63, 3.8) is 0 Å². The molecule has 0 saturated heterocycles. The summed E-state index contributed by atoms with van der Waals surface area (Å²) in [5, 5.41) is 28.5. The number of rotatable bonds is 7. The van der Waals surface area contributed by atoms with Crippen molar-refractivity contribution < 1.29 is 39.0 Å². The van der Waals surface area contributed by atoms with E-state index in [4.69, 9.17) is 20.6 Å². The fourth-order valence-corrected chi connectivity index (χ4v) is 2.06. The first-order valence-electron chi connectivity index (χ1n) is 6.77. The van der Waals surface area contributed by atoms with Crippen molar-refractivity contribution in [3.8, 4) is 5.75 Å². The summed E-state index contributed by atoms with van der Waals surface area (Å²) >= 11 is 0. The fraction of sp³-hybridized carbons (Fsp3) is 0.308. The number of hydrogen-bond donors (Lipinski definition) is 6. The third kappa shape index (κ3) is 6.25. The van der Waals surface area contributed by atoms with E-state index in [-0.39, 0.29) is 16.8 Å².